The Balaban J connectivity index is 1.59. The van der Waals surface area contributed by atoms with Crippen LogP contribution in [0, 0.1) is 16.6 Å². The van der Waals surface area contributed by atoms with Crippen molar-refractivity contribution >= 4 is 56.1 Å². The molecule has 6 nitrogen and oxygen atoms in total. The molecule has 3 aromatic rings. The highest BCUT2D eigenvalue weighted by atomic mass is 32.2. The highest BCUT2D eigenvalue weighted by Gasteiger charge is 2.50. The molecule has 0 fully saturated rings. The summed E-state index contributed by atoms with van der Waals surface area (Å²) in [6.07, 6.45) is 6.37. The molecule has 0 radical (unpaired) electrons. The molecule has 1 aliphatic rings. The molecule has 2 aromatic heterocycles. The lowest BCUT2D eigenvalue weighted by molar-refractivity contribution is 0.138. The van der Waals surface area contributed by atoms with Crippen LogP contribution in [0.25, 0.3) is 0 Å². The Bertz CT molecular complexity index is 1510. The number of halogens is 1. The van der Waals surface area contributed by atoms with Crippen molar-refractivity contribution in [2.24, 2.45) is 15.2 Å². The molecule has 0 N–H and O–H groups in total. The molecule has 3 heterocycles. The molecule has 218 valence electrons. The zero-order chi connectivity index (χ0) is 29.7. The lowest BCUT2D eigenvalue weighted by Crippen LogP contribution is -2.46. The van der Waals surface area contributed by atoms with Crippen molar-refractivity contribution in [3.05, 3.63) is 57.2 Å². The summed E-state index contributed by atoms with van der Waals surface area (Å²) in [7, 11) is -1.37. The summed E-state index contributed by atoms with van der Waals surface area (Å²) in [5.41, 5.74) is 3.37. The van der Waals surface area contributed by atoms with Gasteiger partial charge in [-0.2, -0.15) is 4.37 Å². The van der Waals surface area contributed by atoms with Gasteiger partial charge in [0.2, 0.25) is 0 Å². The Morgan fingerprint density at radius 2 is 1.82 bits per heavy atom. The maximum atomic E-state index is 15.3. The number of nitrogens with zero attached hydrogens (tertiary/aromatic N) is 4. The van der Waals surface area contributed by atoms with Gasteiger partial charge in [0, 0.05) is 47.7 Å². The number of rotatable bonds is 10. The van der Waals surface area contributed by atoms with Crippen LogP contribution < -0.4 is 4.90 Å². The van der Waals surface area contributed by atoms with Gasteiger partial charge in [-0.25, -0.2) is 17.2 Å². The molecule has 0 amide bonds. The van der Waals surface area contributed by atoms with Crippen molar-refractivity contribution in [2.75, 3.05) is 24.0 Å². The fourth-order valence-corrected chi connectivity index (χ4v) is 9.18. The fraction of sp³-hybridized carbons (Fsp3) is 0.552. The van der Waals surface area contributed by atoms with Crippen molar-refractivity contribution in [1.29, 1.82) is 0 Å². The number of benzene rings is 1. The molecular formula is C29H39FN4O2S4. The Morgan fingerprint density at radius 1 is 1.12 bits per heavy atom. The minimum atomic E-state index is -3.48. The molecule has 0 spiro atoms. The third-order valence-corrected chi connectivity index (χ3v) is 12.9. The van der Waals surface area contributed by atoms with Gasteiger partial charge in [0.1, 0.15) is 5.82 Å². The fourth-order valence-electron chi connectivity index (χ4n) is 5.70. The van der Waals surface area contributed by atoms with Crippen LogP contribution in [-0.4, -0.2) is 42.5 Å². The SMILES string of the molecule is CN(c1cnsc1CC1=NSCC1(C)C(C)(C)CC(C)(C)c1ccc(S(C)(=O)=O)cc1F)C(C)(C)c1cncs1. The van der Waals surface area contributed by atoms with E-state index in [-0.39, 0.29) is 21.3 Å². The molecule has 1 unspecified atom stereocenters. The molecule has 0 saturated carbocycles. The number of thiazole rings is 1. The topological polar surface area (TPSA) is 75.5 Å². The summed E-state index contributed by atoms with van der Waals surface area (Å²) in [6.45, 7) is 15.2. The predicted molar refractivity (Wildman–Crippen MR) is 168 cm³/mol. The Kier molecular flexibility index (Phi) is 8.39. The van der Waals surface area contributed by atoms with Crippen molar-refractivity contribution < 1.29 is 12.8 Å². The third kappa shape index (κ3) is 5.76. The van der Waals surface area contributed by atoms with E-state index in [9.17, 15) is 8.42 Å². The Labute approximate surface area is 250 Å². The molecule has 11 heteroatoms. The van der Waals surface area contributed by atoms with Crippen LogP contribution in [0.1, 0.15) is 70.2 Å². The number of sulfone groups is 1. The minimum Gasteiger partial charge on any atom is -0.362 e. The van der Waals surface area contributed by atoms with Gasteiger partial charge in [-0.05, 0) is 72.3 Å². The van der Waals surface area contributed by atoms with Crippen LogP contribution in [-0.2, 0) is 27.2 Å². The van der Waals surface area contributed by atoms with Gasteiger partial charge in [-0.1, -0.05) is 40.7 Å². The molecule has 0 aliphatic carbocycles. The van der Waals surface area contributed by atoms with Crippen molar-refractivity contribution in [3.8, 4) is 0 Å². The summed E-state index contributed by atoms with van der Waals surface area (Å²) in [6, 6.07) is 4.29. The zero-order valence-corrected chi connectivity index (χ0v) is 28.0. The van der Waals surface area contributed by atoms with Crippen LogP contribution in [0.15, 0.2) is 45.4 Å². The molecule has 1 aliphatic heterocycles. The third-order valence-electron chi connectivity index (χ3n) is 8.83. The number of aromatic nitrogens is 2. The van der Waals surface area contributed by atoms with Gasteiger partial charge < -0.3 is 4.90 Å². The smallest absolute Gasteiger partial charge is 0.175 e. The normalized spacial score (nSPS) is 18.7. The lowest BCUT2D eigenvalue weighted by atomic mass is 9.58. The van der Waals surface area contributed by atoms with Crippen LogP contribution in [0.2, 0.25) is 0 Å². The second-order valence-corrected chi connectivity index (χ2v) is 17.3. The summed E-state index contributed by atoms with van der Waals surface area (Å²) >= 11 is 4.76. The number of hydrogen-bond donors (Lipinski definition) is 0. The highest BCUT2D eigenvalue weighted by Crippen LogP contribution is 2.54. The van der Waals surface area contributed by atoms with Gasteiger partial charge in [0.15, 0.2) is 9.84 Å². The van der Waals surface area contributed by atoms with Gasteiger partial charge >= 0.3 is 0 Å². The average Bonchev–Trinajstić information content (AvgIpc) is 3.60. The van der Waals surface area contributed by atoms with Gasteiger partial charge in [-0.3, -0.25) is 4.98 Å². The van der Waals surface area contributed by atoms with Crippen molar-refractivity contribution in [2.45, 2.75) is 77.2 Å². The summed E-state index contributed by atoms with van der Waals surface area (Å²) in [5.74, 6) is 0.363. The second-order valence-electron chi connectivity index (χ2n) is 12.8. The van der Waals surface area contributed by atoms with Crippen LogP contribution in [0.3, 0.4) is 0 Å². The Morgan fingerprint density at radius 3 is 2.42 bits per heavy atom. The van der Waals surface area contributed by atoms with Gasteiger partial charge in [-0.15, -0.1) is 11.3 Å². The number of anilines is 1. The summed E-state index contributed by atoms with van der Waals surface area (Å²) in [4.78, 5) is 8.91. The highest BCUT2D eigenvalue weighted by molar-refractivity contribution is 7.98. The van der Waals surface area contributed by atoms with E-state index >= 15 is 4.39 Å². The first-order valence-corrected chi connectivity index (χ1v) is 17.6. The predicted octanol–water partition coefficient (Wildman–Crippen LogP) is 7.56. The summed E-state index contributed by atoms with van der Waals surface area (Å²) < 4.78 is 48.7. The van der Waals surface area contributed by atoms with Crippen molar-refractivity contribution in [1.82, 2.24) is 9.36 Å². The average molecular weight is 623 g/mol. The zero-order valence-electron chi connectivity index (χ0n) is 24.7. The first-order valence-electron chi connectivity index (χ1n) is 13.2. The maximum Gasteiger partial charge on any atom is 0.175 e. The number of hydrogen-bond acceptors (Lipinski definition) is 9. The lowest BCUT2D eigenvalue weighted by Gasteiger charge is -2.46. The van der Waals surface area contributed by atoms with E-state index in [1.807, 2.05) is 31.8 Å². The molecule has 1 atom stereocenters. The maximum absolute atomic E-state index is 15.3. The van der Waals surface area contributed by atoms with E-state index in [0.717, 1.165) is 29.5 Å². The molecular weight excluding hydrogens is 584 g/mol. The van der Waals surface area contributed by atoms with E-state index in [0.29, 0.717) is 18.4 Å². The molecule has 4 rings (SSSR count). The second kappa shape index (κ2) is 10.8. The van der Waals surface area contributed by atoms with Crippen LogP contribution in [0.4, 0.5) is 10.1 Å². The first kappa shape index (κ1) is 31.1. The first-order chi connectivity index (χ1) is 18.4. The summed E-state index contributed by atoms with van der Waals surface area (Å²) in [5, 5.41) is 0. The molecule has 0 bridgehead atoms. The molecule has 40 heavy (non-hydrogen) atoms. The van der Waals surface area contributed by atoms with E-state index < -0.39 is 21.1 Å². The molecule has 1 aromatic carbocycles. The van der Waals surface area contributed by atoms with Crippen LogP contribution in [0.5, 0.6) is 0 Å². The minimum absolute atomic E-state index is 0.00114. The van der Waals surface area contributed by atoms with Gasteiger partial charge in [0.25, 0.3) is 0 Å². The van der Waals surface area contributed by atoms with E-state index in [1.54, 1.807) is 29.4 Å². The quantitative estimate of drug-likeness (QED) is 0.217. The van der Waals surface area contributed by atoms with Crippen molar-refractivity contribution in [3.63, 3.8) is 0 Å². The standard InChI is InChI=1S/C29H39FN4O2S4/c1-26(2,20-11-10-19(12-21(20)30)40(9,35)36)16-27(3,4)29(7)17-38-33-24(29)13-23-22(14-32-39-23)34(8)28(5,6)25-15-31-18-37-25/h10-12,14-15,18H,13,16-17H2,1-9H3. The largest absolute Gasteiger partial charge is 0.362 e. The molecule has 0 saturated heterocycles. The monoisotopic (exact) mass is 622 g/mol. The van der Waals surface area contributed by atoms with E-state index in [1.165, 1.54) is 27.4 Å². The van der Waals surface area contributed by atoms with E-state index in [2.05, 4.69) is 55.9 Å². The van der Waals surface area contributed by atoms with Gasteiger partial charge in [0.05, 0.1) is 32.7 Å². The van der Waals surface area contributed by atoms with E-state index in [4.69, 9.17) is 4.40 Å². The van der Waals surface area contributed by atoms with Crippen LogP contribution >= 0.6 is 34.8 Å². The Hall–Kier alpha value is -1.82.